The first-order valence-corrected chi connectivity index (χ1v) is 7.66. The molecule has 0 aliphatic carbocycles. The van der Waals surface area contributed by atoms with Gasteiger partial charge in [-0.25, -0.2) is 4.79 Å². The van der Waals surface area contributed by atoms with E-state index >= 15 is 0 Å². The summed E-state index contributed by atoms with van der Waals surface area (Å²) in [6.45, 7) is 11.9. The van der Waals surface area contributed by atoms with Gasteiger partial charge in [-0.3, -0.25) is 0 Å². The van der Waals surface area contributed by atoms with E-state index in [9.17, 15) is 4.79 Å². The number of hydrogen-bond donors (Lipinski definition) is 0. The molecule has 0 spiro atoms. The molecule has 0 heterocycles. The maximum atomic E-state index is 11.6. The van der Waals surface area contributed by atoms with Gasteiger partial charge in [0.1, 0.15) is 0 Å². The zero-order valence-electron chi connectivity index (χ0n) is 11.5. The summed E-state index contributed by atoms with van der Waals surface area (Å²) in [6.07, 6.45) is 1.34. The zero-order chi connectivity index (χ0) is 14.0. The molecule has 0 N–H and O–H groups in total. The lowest BCUT2D eigenvalue weighted by atomic mass is 10.4. The fourth-order valence-corrected chi connectivity index (χ4v) is 3.15. The van der Waals surface area contributed by atoms with Crippen molar-refractivity contribution in [3.05, 3.63) is 12.7 Å². The van der Waals surface area contributed by atoms with Crippen molar-refractivity contribution in [2.24, 2.45) is 0 Å². The maximum absolute atomic E-state index is 11.6. The molecule has 6 heteroatoms. The van der Waals surface area contributed by atoms with Gasteiger partial charge >= 0.3 is 5.97 Å². The van der Waals surface area contributed by atoms with Crippen LogP contribution in [0.15, 0.2) is 12.7 Å². The van der Waals surface area contributed by atoms with Crippen LogP contribution in [0.1, 0.15) is 27.7 Å². The van der Waals surface area contributed by atoms with E-state index < -0.39 is 13.5 Å². The first-order chi connectivity index (χ1) is 8.53. The Morgan fingerprint density at radius 3 is 2.17 bits per heavy atom. The third kappa shape index (κ3) is 6.36. The highest BCUT2D eigenvalue weighted by atomic mass is 31.2. The van der Waals surface area contributed by atoms with Crippen molar-refractivity contribution in [2.75, 3.05) is 19.8 Å². The van der Waals surface area contributed by atoms with Gasteiger partial charge in [0, 0.05) is 0 Å². The van der Waals surface area contributed by atoms with E-state index in [0.29, 0.717) is 19.8 Å². The molecule has 1 atom stereocenters. The largest absolute Gasteiger partial charge is 0.463 e. The molecule has 18 heavy (non-hydrogen) atoms. The molecule has 5 nitrogen and oxygen atoms in total. The van der Waals surface area contributed by atoms with E-state index in [4.69, 9.17) is 18.3 Å². The molecular formula is C12H23O5P. The smallest absolute Gasteiger partial charge is 0.337 e. The second-order valence-corrected chi connectivity index (χ2v) is 5.37. The van der Waals surface area contributed by atoms with Gasteiger partial charge in [-0.05, 0) is 27.7 Å². The molecular weight excluding hydrogens is 255 g/mol. The fraction of sp³-hybridized carbons (Fsp3) is 0.667. The first kappa shape index (κ1) is 17.4. The fourth-order valence-electron chi connectivity index (χ4n) is 1.15. The van der Waals surface area contributed by atoms with Crippen LogP contribution in [-0.4, -0.2) is 37.7 Å². The first-order valence-electron chi connectivity index (χ1n) is 6.04. The monoisotopic (exact) mass is 278 g/mol. The van der Waals surface area contributed by atoms with Crippen molar-refractivity contribution in [3.8, 4) is 0 Å². The average molecular weight is 278 g/mol. The van der Waals surface area contributed by atoms with E-state index in [1.807, 2.05) is 13.8 Å². The lowest BCUT2D eigenvalue weighted by molar-refractivity contribution is -0.134. The summed E-state index contributed by atoms with van der Waals surface area (Å²) < 4.78 is 21.6. The minimum Gasteiger partial charge on any atom is -0.463 e. The summed E-state index contributed by atoms with van der Waals surface area (Å²) in [7, 11) is -2.83. The number of hydrogen-bond acceptors (Lipinski definition) is 5. The van der Waals surface area contributed by atoms with Crippen molar-refractivity contribution in [1.29, 1.82) is 0 Å². The van der Waals surface area contributed by atoms with Crippen LogP contribution in [0.25, 0.3) is 0 Å². The second-order valence-electron chi connectivity index (χ2n) is 3.30. The Morgan fingerprint density at radius 2 is 1.78 bits per heavy atom. The highest BCUT2D eigenvalue weighted by Gasteiger charge is 2.24. The minimum atomic E-state index is -2.83. The summed E-state index contributed by atoms with van der Waals surface area (Å²) in [5.74, 6) is 0.771. The summed E-state index contributed by atoms with van der Waals surface area (Å²) in [5, 5.41) is 0. The van der Waals surface area contributed by atoms with Crippen molar-refractivity contribution < 1.29 is 23.1 Å². The summed E-state index contributed by atoms with van der Waals surface area (Å²) in [4.78, 5) is 11.6. The molecule has 0 fully saturated rings. The quantitative estimate of drug-likeness (QED) is 0.369. The van der Waals surface area contributed by atoms with E-state index in [0.717, 1.165) is 0 Å². The topological polar surface area (TPSA) is 54.0 Å². The van der Waals surface area contributed by atoms with Gasteiger partial charge in [0.05, 0.1) is 31.7 Å². The Bertz CT molecular complexity index is 304. The predicted octanol–water partition coefficient (Wildman–Crippen LogP) is 2.78. The van der Waals surface area contributed by atoms with Gasteiger partial charge < -0.3 is 18.3 Å². The third-order valence-electron chi connectivity index (χ3n) is 1.81. The molecule has 0 bridgehead atoms. The second kappa shape index (κ2) is 9.34. The molecule has 0 saturated carbocycles. The van der Waals surface area contributed by atoms with Crippen molar-refractivity contribution >= 4 is 19.3 Å². The van der Waals surface area contributed by atoms with E-state index in [1.165, 1.54) is 5.80 Å². The molecule has 0 amide bonds. The van der Waals surface area contributed by atoms with Gasteiger partial charge in [-0.2, -0.15) is 0 Å². The van der Waals surface area contributed by atoms with E-state index in [1.54, 1.807) is 19.9 Å². The van der Waals surface area contributed by atoms with Crippen LogP contribution in [-0.2, 0) is 23.1 Å². The van der Waals surface area contributed by atoms with Crippen LogP contribution in [0.5, 0.6) is 0 Å². The van der Waals surface area contributed by atoms with Crippen molar-refractivity contribution in [1.82, 2.24) is 0 Å². The number of carbonyl (C=O) groups excluding carboxylic acids is 1. The van der Waals surface area contributed by atoms with Crippen LogP contribution < -0.4 is 0 Å². The summed E-state index contributed by atoms with van der Waals surface area (Å²) in [5.41, 5.74) is 0. The van der Waals surface area contributed by atoms with Crippen LogP contribution in [0, 0.1) is 0 Å². The molecule has 0 aliphatic heterocycles. The molecule has 0 aromatic rings. The minimum absolute atomic E-state index is 0.276. The molecule has 0 radical (unpaired) electrons. The zero-order valence-corrected chi connectivity index (χ0v) is 12.4. The standard InChI is InChI=1S/C12H23O5P/c1-6-11(5)17-18(15-8-3,16-9-4)10-12(13)14-7-2/h6,10-11H,1,7-9H2,2-5H3. The summed E-state index contributed by atoms with van der Waals surface area (Å²) in [6, 6.07) is 0. The molecule has 0 aromatic carbocycles. The van der Waals surface area contributed by atoms with Gasteiger partial charge in [-0.15, -0.1) is 6.58 Å². The Morgan fingerprint density at radius 1 is 1.22 bits per heavy atom. The van der Waals surface area contributed by atoms with E-state index in [2.05, 4.69) is 6.58 Å². The lowest BCUT2D eigenvalue weighted by Crippen LogP contribution is -2.14. The Kier molecular flexibility index (Phi) is 9.02. The molecule has 1 unspecified atom stereocenters. The maximum Gasteiger partial charge on any atom is 0.337 e. The van der Waals surface area contributed by atoms with Crippen LogP contribution in [0.3, 0.4) is 0 Å². The number of rotatable bonds is 9. The highest BCUT2D eigenvalue weighted by Crippen LogP contribution is 2.51. The lowest BCUT2D eigenvalue weighted by Gasteiger charge is -2.26. The Labute approximate surface area is 109 Å². The molecule has 0 aromatic heterocycles. The predicted molar refractivity (Wildman–Crippen MR) is 73.6 cm³/mol. The van der Waals surface area contributed by atoms with Gasteiger partial charge in [0.2, 0.25) is 0 Å². The van der Waals surface area contributed by atoms with Crippen molar-refractivity contribution in [2.45, 2.75) is 33.8 Å². The normalized spacial score (nSPS) is 12.9. The van der Waals surface area contributed by atoms with Gasteiger partial charge in [-0.1, -0.05) is 6.08 Å². The Balaban J connectivity index is 5.17. The number of esters is 1. The van der Waals surface area contributed by atoms with Crippen LogP contribution in [0.4, 0.5) is 0 Å². The van der Waals surface area contributed by atoms with Crippen molar-refractivity contribution in [3.63, 3.8) is 0 Å². The third-order valence-corrected chi connectivity index (χ3v) is 4.20. The SMILES string of the molecule is C=CC(C)OP(=CC(=O)OCC)(OCC)OCC. The molecule has 0 rings (SSSR count). The number of ether oxygens (including phenoxy) is 1. The number of carbonyl (C=O) groups is 1. The van der Waals surface area contributed by atoms with Gasteiger partial charge in [0.15, 0.2) is 0 Å². The van der Waals surface area contributed by atoms with Crippen LogP contribution in [0.2, 0.25) is 0 Å². The van der Waals surface area contributed by atoms with Crippen LogP contribution >= 0.6 is 7.57 Å². The average Bonchev–Trinajstić information content (AvgIpc) is 2.29. The van der Waals surface area contributed by atoms with Gasteiger partial charge in [0.25, 0.3) is 7.57 Å². The molecule has 0 aliphatic rings. The molecule has 106 valence electrons. The summed E-state index contributed by atoms with van der Waals surface area (Å²) >= 11 is 0. The Hall–Kier alpha value is -0.610. The highest BCUT2D eigenvalue weighted by molar-refractivity contribution is 7.62. The van der Waals surface area contributed by atoms with E-state index in [-0.39, 0.29) is 6.10 Å². The molecule has 0 saturated heterocycles.